The van der Waals surface area contributed by atoms with Crippen molar-refractivity contribution in [2.75, 3.05) is 0 Å². The van der Waals surface area contributed by atoms with Gasteiger partial charge in [-0.15, -0.1) is 0 Å². The van der Waals surface area contributed by atoms with Crippen LogP contribution in [0.15, 0.2) is 49.3 Å². The summed E-state index contributed by atoms with van der Waals surface area (Å²) in [5.74, 6) is -0.285. The third-order valence-corrected chi connectivity index (χ3v) is 4.65. The smallest absolute Gasteiger partial charge is 0.417 e. The van der Waals surface area contributed by atoms with Gasteiger partial charge in [-0.05, 0) is 34.1 Å². The van der Waals surface area contributed by atoms with Crippen molar-refractivity contribution < 1.29 is 17.9 Å². The predicted molar refractivity (Wildman–Crippen MR) is 99.9 cm³/mol. The lowest BCUT2D eigenvalue weighted by molar-refractivity contribution is -0.137. The first kappa shape index (κ1) is 20.9. The Bertz CT molecular complexity index is 1280. The van der Waals surface area contributed by atoms with Crippen LogP contribution in [0.5, 0.6) is 11.6 Å². The lowest BCUT2D eigenvalue weighted by Crippen LogP contribution is -2.47. The number of ether oxygens (including phenoxy) is 1. The first-order valence-corrected chi connectivity index (χ1v) is 8.79. The molecule has 0 amide bonds. The quantitative estimate of drug-likeness (QED) is 0.605. The molecule has 0 aliphatic rings. The van der Waals surface area contributed by atoms with Gasteiger partial charge in [0.15, 0.2) is 0 Å². The Kier molecular flexibility index (Phi) is 5.41. The van der Waals surface area contributed by atoms with Crippen molar-refractivity contribution in [3.8, 4) is 17.3 Å². The molecule has 29 heavy (non-hydrogen) atoms. The molecule has 1 N–H and O–H groups in total. The van der Waals surface area contributed by atoms with Crippen molar-refractivity contribution in [3.63, 3.8) is 0 Å². The molecule has 13 heteroatoms. The number of alkyl halides is 3. The number of pyridine rings is 1. The molecule has 1 aromatic carbocycles. The number of aromatic nitrogens is 4. The SMILES string of the molecule is Cn1c(=O)[nH]c(=O)n(-c2cc(Oc3ncc(C(F)(F)F)cc3Cl)ccc2Br)c1=O. The van der Waals surface area contributed by atoms with Gasteiger partial charge in [-0.2, -0.15) is 13.2 Å². The van der Waals surface area contributed by atoms with E-state index in [-0.39, 0.29) is 22.3 Å². The molecule has 152 valence electrons. The van der Waals surface area contributed by atoms with Gasteiger partial charge in [0.1, 0.15) is 10.8 Å². The summed E-state index contributed by atoms with van der Waals surface area (Å²) in [5, 5.41) is -0.388. The lowest BCUT2D eigenvalue weighted by atomic mass is 10.3. The number of nitrogens with zero attached hydrogens (tertiary/aromatic N) is 3. The van der Waals surface area contributed by atoms with Gasteiger partial charge in [-0.1, -0.05) is 11.6 Å². The summed E-state index contributed by atoms with van der Waals surface area (Å²) < 4.78 is 45.2. The van der Waals surface area contributed by atoms with Gasteiger partial charge in [0.05, 0.1) is 11.3 Å². The Hall–Kier alpha value is -2.86. The van der Waals surface area contributed by atoms with Crippen LogP contribution in [0.1, 0.15) is 5.56 Å². The van der Waals surface area contributed by atoms with Crippen molar-refractivity contribution in [3.05, 3.63) is 77.0 Å². The number of rotatable bonds is 3. The number of hydrogen-bond donors (Lipinski definition) is 1. The Morgan fingerprint density at radius 3 is 2.48 bits per heavy atom. The van der Waals surface area contributed by atoms with Gasteiger partial charge in [0, 0.05) is 23.8 Å². The third-order valence-electron chi connectivity index (χ3n) is 3.71. The highest BCUT2D eigenvalue weighted by Gasteiger charge is 2.31. The topological polar surface area (TPSA) is 99.0 Å². The van der Waals surface area contributed by atoms with Crippen LogP contribution >= 0.6 is 27.5 Å². The van der Waals surface area contributed by atoms with Gasteiger partial charge in [0.2, 0.25) is 5.88 Å². The molecule has 0 saturated carbocycles. The number of halogens is 5. The van der Waals surface area contributed by atoms with E-state index < -0.39 is 28.8 Å². The van der Waals surface area contributed by atoms with E-state index in [0.29, 0.717) is 25.9 Å². The van der Waals surface area contributed by atoms with Gasteiger partial charge in [0.25, 0.3) is 0 Å². The van der Waals surface area contributed by atoms with E-state index in [9.17, 15) is 27.6 Å². The second kappa shape index (κ2) is 7.52. The average molecular weight is 494 g/mol. The summed E-state index contributed by atoms with van der Waals surface area (Å²) in [5.41, 5.74) is -3.81. The first-order chi connectivity index (χ1) is 13.5. The first-order valence-electron chi connectivity index (χ1n) is 7.62. The monoisotopic (exact) mass is 492 g/mol. The summed E-state index contributed by atoms with van der Waals surface area (Å²) in [7, 11) is 1.18. The second-order valence-electron chi connectivity index (χ2n) is 5.64. The minimum absolute atomic E-state index is 0.0207. The summed E-state index contributed by atoms with van der Waals surface area (Å²) >= 11 is 9.00. The molecule has 0 bridgehead atoms. The zero-order valence-electron chi connectivity index (χ0n) is 14.3. The van der Waals surface area contributed by atoms with Crippen LogP contribution in [0.2, 0.25) is 5.02 Å². The van der Waals surface area contributed by atoms with E-state index in [4.69, 9.17) is 16.3 Å². The standard InChI is InChI=1S/C16H9BrClF3N4O4/c1-24-13(26)23-14(27)25(15(24)28)11-5-8(2-3-9(11)17)29-12-10(18)4-7(6-22-12)16(19,20)21/h2-6H,1H3,(H,23,26,27). The number of hydrogen-bond acceptors (Lipinski definition) is 5. The lowest BCUT2D eigenvalue weighted by Gasteiger charge is -2.12. The van der Waals surface area contributed by atoms with Crippen molar-refractivity contribution in [1.82, 2.24) is 19.1 Å². The molecule has 0 radical (unpaired) electrons. The van der Waals surface area contributed by atoms with Crippen molar-refractivity contribution in [2.45, 2.75) is 6.18 Å². The summed E-state index contributed by atoms with van der Waals surface area (Å²) in [6, 6.07) is 4.75. The molecule has 3 aromatic rings. The van der Waals surface area contributed by atoms with Gasteiger partial charge in [-0.3, -0.25) is 4.98 Å². The number of aromatic amines is 1. The van der Waals surface area contributed by atoms with E-state index in [1.54, 1.807) is 0 Å². The molecule has 2 aromatic heterocycles. The van der Waals surface area contributed by atoms with Crippen LogP contribution in [0, 0.1) is 0 Å². The minimum Gasteiger partial charge on any atom is -0.437 e. The Labute approximate surface area is 172 Å². The fraction of sp³-hybridized carbons (Fsp3) is 0.125. The van der Waals surface area contributed by atoms with Crippen molar-refractivity contribution in [1.29, 1.82) is 0 Å². The van der Waals surface area contributed by atoms with Gasteiger partial charge >= 0.3 is 23.2 Å². The van der Waals surface area contributed by atoms with E-state index in [1.807, 2.05) is 4.98 Å². The number of benzene rings is 1. The van der Waals surface area contributed by atoms with Crippen LogP contribution in [0.3, 0.4) is 0 Å². The third kappa shape index (κ3) is 4.12. The molecule has 0 aliphatic carbocycles. The van der Waals surface area contributed by atoms with Crippen LogP contribution in [0.25, 0.3) is 5.69 Å². The Balaban J connectivity index is 2.06. The largest absolute Gasteiger partial charge is 0.437 e. The van der Waals surface area contributed by atoms with Crippen LogP contribution in [0.4, 0.5) is 13.2 Å². The van der Waals surface area contributed by atoms with E-state index in [0.717, 1.165) is 0 Å². The normalized spacial score (nSPS) is 11.5. The molecule has 3 rings (SSSR count). The molecule has 2 heterocycles. The van der Waals surface area contributed by atoms with E-state index in [1.165, 1.54) is 25.2 Å². The maximum Gasteiger partial charge on any atom is 0.417 e. The minimum atomic E-state index is -4.62. The maximum atomic E-state index is 12.7. The Morgan fingerprint density at radius 2 is 1.86 bits per heavy atom. The van der Waals surface area contributed by atoms with Crippen LogP contribution in [-0.4, -0.2) is 19.1 Å². The molecule has 0 atom stereocenters. The summed E-state index contributed by atoms with van der Waals surface area (Å²) in [6.07, 6.45) is -4.06. The zero-order chi connectivity index (χ0) is 21.5. The molecular weight excluding hydrogens is 485 g/mol. The van der Waals surface area contributed by atoms with Gasteiger partial charge < -0.3 is 4.74 Å². The molecule has 0 fully saturated rings. The van der Waals surface area contributed by atoms with Gasteiger partial charge in [-0.25, -0.2) is 28.5 Å². The molecule has 0 unspecified atom stereocenters. The Morgan fingerprint density at radius 1 is 1.17 bits per heavy atom. The molecule has 0 spiro atoms. The molecule has 0 aliphatic heterocycles. The summed E-state index contributed by atoms with van der Waals surface area (Å²) in [6.45, 7) is 0. The van der Waals surface area contributed by atoms with Crippen molar-refractivity contribution >= 4 is 27.5 Å². The average Bonchev–Trinajstić information content (AvgIpc) is 2.63. The predicted octanol–water partition coefficient (Wildman–Crippen LogP) is 2.85. The molecule has 0 saturated heterocycles. The zero-order valence-corrected chi connectivity index (χ0v) is 16.6. The highest BCUT2D eigenvalue weighted by atomic mass is 79.9. The van der Waals surface area contributed by atoms with Crippen LogP contribution in [-0.2, 0) is 13.2 Å². The maximum absolute atomic E-state index is 12.7. The number of nitrogens with one attached hydrogen (secondary N) is 1. The van der Waals surface area contributed by atoms with E-state index in [2.05, 4.69) is 20.9 Å². The van der Waals surface area contributed by atoms with Crippen molar-refractivity contribution in [2.24, 2.45) is 7.05 Å². The highest BCUT2D eigenvalue weighted by Crippen LogP contribution is 2.35. The number of H-pyrrole nitrogens is 1. The molecular formula is C16H9BrClF3N4O4. The fourth-order valence-electron chi connectivity index (χ4n) is 2.26. The highest BCUT2D eigenvalue weighted by molar-refractivity contribution is 9.10. The summed E-state index contributed by atoms with van der Waals surface area (Å²) in [4.78, 5) is 41.5. The van der Waals surface area contributed by atoms with Crippen LogP contribution < -0.4 is 21.8 Å². The fourth-order valence-corrected chi connectivity index (χ4v) is 2.89. The second-order valence-corrected chi connectivity index (χ2v) is 6.90. The van der Waals surface area contributed by atoms with E-state index >= 15 is 0 Å². The molecule has 8 nitrogen and oxygen atoms in total.